The van der Waals surface area contributed by atoms with Crippen LogP contribution in [-0.2, 0) is 4.79 Å². The van der Waals surface area contributed by atoms with Crippen LogP contribution in [-0.4, -0.2) is 28.5 Å². The summed E-state index contributed by atoms with van der Waals surface area (Å²) in [5, 5.41) is 11.8. The van der Waals surface area contributed by atoms with Crippen LogP contribution in [0.5, 0.6) is 0 Å². The summed E-state index contributed by atoms with van der Waals surface area (Å²) in [5.74, 6) is -0.534. The van der Waals surface area contributed by atoms with Gasteiger partial charge in [0.05, 0.1) is 10.9 Å². The highest BCUT2D eigenvalue weighted by Gasteiger charge is 2.39. The van der Waals surface area contributed by atoms with Crippen molar-refractivity contribution < 1.29 is 9.90 Å². The Labute approximate surface area is 128 Å². The lowest BCUT2D eigenvalue weighted by atomic mass is 9.74. The number of carbonyl (C=O) groups is 1. The molecule has 1 saturated heterocycles. The molecule has 1 aliphatic heterocycles. The van der Waals surface area contributed by atoms with E-state index in [9.17, 15) is 9.90 Å². The Balaban J connectivity index is 1.88. The molecule has 1 aliphatic rings. The second-order valence-electron chi connectivity index (χ2n) is 6.32. The van der Waals surface area contributed by atoms with Crippen molar-refractivity contribution >= 4 is 33.4 Å². The van der Waals surface area contributed by atoms with Crippen LogP contribution in [0.2, 0.25) is 0 Å². The Morgan fingerprint density at radius 1 is 1.43 bits per heavy atom. The third kappa shape index (κ3) is 2.50. The Bertz CT molecular complexity index is 665. The predicted octanol–water partition coefficient (Wildman–Crippen LogP) is 3.62. The fourth-order valence-electron chi connectivity index (χ4n) is 3.03. The topological polar surface area (TPSA) is 53.4 Å². The van der Waals surface area contributed by atoms with Gasteiger partial charge in [0.1, 0.15) is 5.00 Å². The zero-order chi connectivity index (χ0) is 15.0. The van der Waals surface area contributed by atoms with Crippen molar-refractivity contribution in [1.29, 1.82) is 0 Å². The molecule has 4 nitrogen and oxygen atoms in total. The van der Waals surface area contributed by atoms with Crippen LogP contribution < -0.4 is 4.90 Å². The predicted molar refractivity (Wildman–Crippen MR) is 86.0 cm³/mol. The maximum absolute atomic E-state index is 11.5. The second kappa shape index (κ2) is 5.30. The molecule has 112 valence electrons. The summed E-state index contributed by atoms with van der Waals surface area (Å²) in [6, 6.07) is 8.15. The highest BCUT2D eigenvalue weighted by molar-refractivity contribution is 7.11. The van der Waals surface area contributed by atoms with E-state index in [4.69, 9.17) is 0 Å². The number of rotatable bonds is 3. The molecule has 1 fully saturated rings. The minimum absolute atomic E-state index is 0.171. The first kappa shape index (κ1) is 14.3. The van der Waals surface area contributed by atoms with Crippen LogP contribution in [0.1, 0.15) is 26.7 Å². The van der Waals surface area contributed by atoms with E-state index < -0.39 is 11.4 Å². The number of piperidine rings is 1. The summed E-state index contributed by atoms with van der Waals surface area (Å²) in [4.78, 5) is 13.8. The molecule has 0 amide bonds. The van der Waals surface area contributed by atoms with Gasteiger partial charge in [0.25, 0.3) is 0 Å². The zero-order valence-electron chi connectivity index (χ0n) is 12.4. The van der Waals surface area contributed by atoms with Crippen molar-refractivity contribution in [1.82, 2.24) is 4.37 Å². The molecule has 0 bridgehead atoms. The van der Waals surface area contributed by atoms with Gasteiger partial charge in [-0.25, -0.2) is 0 Å². The van der Waals surface area contributed by atoms with Crippen molar-refractivity contribution in [2.24, 2.45) is 11.3 Å². The van der Waals surface area contributed by atoms with E-state index in [-0.39, 0.29) is 5.92 Å². The van der Waals surface area contributed by atoms with Gasteiger partial charge >= 0.3 is 5.97 Å². The molecule has 3 rings (SSSR count). The highest BCUT2D eigenvalue weighted by atomic mass is 32.1. The molecule has 21 heavy (non-hydrogen) atoms. The van der Waals surface area contributed by atoms with Gasteiger partial charge in [-0.05, 0) is 56.3 Å². The highest BCUT2D eigenvalue weighted by Crippen LogP contribution is 2.39. The van der Waals surface area contributed by atoms with Crippen LogP contribution in [0.4, 0.5) is 5.00 Å². The minimum atomic E-state index is -0.705. The number of carboxylic acid groups (broad SMARTS) is 1. The van der Waals surface area contributed by atoms with Crippen molar-refractivity contribution in [3.63, 3.8) is 0 Å². The third-order valence-corrected chi connectivity index (χ3v) is 5.58. The van der Waals surface area contributed by atoms with Crippen molar-refractivity contribution in [2.45, 2.75) is 26.7 Å². The van der Waals surface area contributed by atoms with E-state index in [2.05, 4.69) is 15.3 Å². The molecule has 1 unspecified atom stereocenters. The summed E-state index contributed by atoms with van der Waals surface area (Å²) in [7, 11) is 0. The largest absolute Gasteiger partial charge is 0.481 e. The van der Waals surface area contributed by atoms with E-state index >= 15 is 0 Å². The summed E-state index contributed by atoms with van der Waals surface area (Å²) in [5.41, 5.74) is 0.344. The molecule has 0 saturated carbocycles. The zero-order valence-corrected chi connectivity index (χ0v) is 13.2. The number of hydrogen-bond donors (Lipinski definition) is 1. The average molecular weight is 304 g/mol. The summed E-state index contributed by atoms with van der Waals surface area (Å²) in [6.45, 7) is 5.46. The average Bonchev–Trinajstić information content (AvgIpc) is 2.91. The Morgan fingerprint density at radius 3 is 2.95 bits per heavy atom. The van der Waals surface area contributed by atoms with Gasteiger partial charge < -0.3 is 10.0 Å². The summed E-state index contributed by atoms with van der Waals surface area (Å²) in [6.07, 6.45) is 2.01. The molecular formula is C16H20N2O2S. The van der Waals surface area contributed by atoms with Gasteiger partial charge in [-0.3, -0.25) is 4.79 Å². The van der Waals surface area contributed by atoms with E-state index in [0.717, 1.165) is 31.4 Å². The number of aliphatic carboxylic acids is 1. The molecule has 1 aromatic carbocycles. The van der Waals surface area contributed by atoms with Gasteiger partial charge in [0.2, 0.25) is 0 Å². The molecule has 0 spiro atoms. The van der Waals surface area contributed by atoms with Gasteiger partial charge in [0.15, 0.2) is 0 Å². The molecule has 1 atom stereocenters. The van der Waals surface area contributed by atoms with E-state index in [1.807, 2.05) is 32.0 Å². The van der Waals surface area contributed by atoms with Crippen LogP contribution >= 0.6 is 11.5 Å². The maximum atomic E-state index is 11.5. The number of benzene rings is 1. The lowest BCUT2D eigenvalue weighted by molar-refractivity contribution is -0.150. The SMILES string of the molecule is CC(C)(C(=O)O)C1CCCN(c2snc3ccccc23)C1. The minimum Gasteiger partial charge on any atom is -0.481 e. The van der Waals surface area contributed by atoms with Crippen LogP contribution in [0, 0.1) is 11.3 Å². The molecule has 1 N–H and O–H groups in total. The molecule has 0 radical (unpaired) electrons. The fourth-order valence-corrected chi connectivity index (χ4v) is 3.93. The fraction of sp³-hybridized carbons (Fsp3) is 0.500. The van der Waals surface area contributed by atoms with Gasteiger partial charge in [-0.2, -0.15) is 4.37 Å². The summed E-state index contributed by atoms with van der Waals surface area (Å²) < 4.78 is 4.50. The number of anilines is 1. The Hall–Kier alpha value is -1.62. The maximum Gasteiger partial charge on any atom is 0.309 e. The smallest absolute Gasteiger partial charge is 0.309 e. The quantitative estimate of drug-likeness (QED) is 0.941. The van der Waals surface area contributed by atoms with Crippen molar-refractivity contribution in [2.75, 3.05) is 18.0 Å². The van der Waals surface area contributed by atoms with Crippen LogP contribution in [0.25, 0.3) is 10.9 Å². The molecule has 1 aromatic heterocycles. The first-order chi connectivity index (χ1) is 10.00. The number of aromatic nitrogens is 1. The van der Waals surface area contributed by atoms with Crippen LogP contribution in [0.3, 0.4) is 0 Å². The Morgan fingerprint density at radius 2 is 2.19 bits per heavy atom. The van der Waals surface area contributed by atoms with E-state index in [0.29, 0.717) is 0 Å². The number of carboxylic acids is 1. The molecular weight excluding hydrogens is 284 g/mol. The standard InChI is InChI=1S/C16H20N2O2S/c1-16(2,15(19)20)11-6-5-9-18(10-11)14-12-7-3-4-8-13(12)17-21-14/h3-4,7-8,11H,5-6,9-10H2,1-2H3,(H,19,20). The van der Waals surface area contributed by atoms with Gasteiger partial charge in [-0.15, -0.1) is 0 Å². The molecule has 0 aliphatic carbocycles. The van der Waals surface area contributed by atoms with Crippen molar-refractivity contribution in [3.05, 3.63) is 24.3 Å². The lowest BCUT2D eigenvalue weighted by Crippen LogP contribution is -2.44. The summed E-state index contributed by atoms with van der Waals surface area (Å²) >= 11 is 1.52. The second-order valence-corrected chi connectivity index (χ2v) is 7.07. The normalized spacial score (nSPS) is 19.9. The number of fused-ring (bicyclic) bond motifs is 1. The van der Waals surface area contributed by atoms with E-state index in [1.54, 1.807) is 0 Å². The number of hydrogen-bond acceptors (Lipinski definition) is 4. The molecule has 5 heteroatoms. The van der Waals surface area contributed by atoms with Gasteiger partial charge in [0, 0.05) is 18.5 Å². The molecule has 2 heterocycles. The third-order valence-electron chi connectivity index (χ3n) is 4.65. The first-order valence-electron chi connectivity index (χ1n) is 7.33. The number of nitrogens with zero attached hydrogens (tertiary/aromatic N) is 2. The monoisotopic (exact) mass is 304 g/mol. The van der Waals surface area contributed by atoms with Gasteiger partial charge in [-0.1, -0.05) is 12.1 Å². The van der Waals surface area contributed by atoms with E-state index in [1.165, 1.54) is 21.9 Å². The van der Waals surface area contributed by atoms with Crippen molar-refractivity contribution in [3.8, 4) is 0 Å². The van der Waals surface area contributed by atoms with Crippen LogP contribution in [0.15, 0.2) is 24.3 Å². The Kier molecular flexibility index (Phi) is 3.61. The first-order valence-corrected chi connectivity index (χ1v) is 8.10. The molecule has 2 aromatic rings. The lowest BCUT2D eigenvalue weighted by Gasteiger charge is -2.39.